The van der Waals surface area contributed by atoms with Crippen molar-refractivity contribution in [2.45, 2.75) is 64.0 Å². The van der Waals surface area contributed by atoms with Crippen LogP contribution in [0.3, 0.4) is 0 Å². The molecule has 0 saturated carbocycles. The number of carbonyl (C=O) groups is 2. The molecule has 1 N–H and O–H groups in total. The summed E-state index contributed by atoms with van der Waals surface area (Å²) in [6.45, 7) is 9.53. The first-order valence-electron chi connectivity index (χ1n) is 11.1. The SMILES string of the molecule is Cc1cc(C)c(C)c(S(=O)(=O)NC(C)C(=O)N2CCC3(CC(=O)c4ccccc4O3)C2)c1C. The van der Waals surface area contributed by atoms with Crippen LogP contribution in [-0.2, 0) is 14.8 Å². The normalized spacial score (nSPS) is 21.1. The number of aryl methyl sites for hydroxylation is 2. The molecule has 1 saturated heterocycles. The largest absolute Gasteiger partial charge is 0.484 e. The molecule has 0 aromatic heterocycles. The van der Waals surface area contributed by atoms with Crippen LogP contribution in [0.15, 0.2) is 35.2 Å². The van der Waals surface area contributed by atoms with Gasteiger partial charge in [0.05, 0.1) is 29.5 Å². The number of sulfonamides is 1. The number of carbonyl (C=O) groups excluding carboxylic acids is 2. The molecule has 4 rings (SSSR count). The summed E-state index contributed by atoms with van der Waals surface area (Å²) in [5, 5.41) is 0. The van der Waals surface area contributed by atoms with Gasteiger partial charge >= 0.3 is 0 Å². The number of hydrogen-bond acceptors (Lipinski definition) is 5. The van der Waals surface area contributed by atoms with Gasteiger partial charge in [-0.1, -0.05) is 18.2 Å². The number of nitrogens with one attached hydrogen (secondary N) is 1. The minimum Gasteiger partial charge on any atom is -0.484 e. The van der Waals surface area contributed by atoms with Crippen LogP contribution < -0.4 is 9.46 Å². The van der Waals surface area contributed by atoms with Crippen LogP contribution >= 0.6 is 0 Å². The maximum Gasteiger partial charge on any atom is 0.241 e. The van der Waals surface area contributed by atoms with Gasteiger partial charge in [0.15, 0.2) is 5.78 Å². The molecule has 8 heteroatoms. The van der Waals surface area contributed by atoms with Crippen LogP contribution in [-0.4, -0.2) is 49.7 Å². The third-order valence-corrected chi connectivity index (χ3v) is 8.71. The van der Waals surface area contributed by atoms with E-state index < -0.39 is 21.7 Å². The fraction of sp³-hybridized carbons (Fsp3) is 0.440. The molecule has 2 aliphatic heterocycles. The van der Waals surface area contributed by atoms with Gasteiger partial charge in [-0.25, -0.2) is 8.42 Å². The van der Waals surface area contributed by atoms with Crippen LogP contribution in [0.5, 0.6) is 5.75 Å². The Kier molecular flexibility index (Phi) is 5.87. The maximum atomic E-state index is 13.2. The first-order chi connectivity index (χ1) is 15.4. The summed E-state index contributed by atoms with van der Waals surface area (Å²) in [5.41, 5.74) is 2.93. The first kappa shape index (κ1) is 23.4. The lowest BCUT2D eigenvalue weighted by atomic mass is 9.89. The van der Waals surface area contributed by atoms with Gasteiger partial charge in [0.1, 0.15) is 11.4 Å². The Morgan fingerprint density at radius 3 is 2.42 bits per heavy atom. The van der Waals surface area contributed by atoms with E-state index in [1.807, 2.05) is 26.0 Å². The molecule has 2 aromatic carbocycles. The van der Waals surface area contributed by atoms with E-state index in [0.29, 0.717) is 35.4 Å². The van der Waals surface area contributed by atoms with Gasteiger partial charge in [-0.05, 0) is 69.0 Å². The Labute approximate surface area is 195 Å². The van der Waals surface area contributed by atoms with Gasteiger partial charge in [0.2, 0.25) is 15.9 Å². The van der Waals surface area contributed by atoms with Crippen molar-refractivity contribution in [2.75, 3.05) is 13.1 Å². The number of fused-ring (bicyclic) bond motifs is 1. The Morgan fingerprint density at radius 2 is 1.76 bits per heavy atom. The van der Waals surface area contributed by atoms with E-state index in [1.54, 1.807) is 43.9 Å². The van der Waals surface area contributed by atoms with Gasteiger partial charge in [0.25, 0.3) is 0 Å². The molecule has 33 heavy (non-hydrogen) atoms. The molecule has 1 amide bonds. The molecule has 2 aromatic rings. The van der Waals surface area contributed by atoms with Gasteiger partial charge in [-0.3, -0.25) is 9.59 Å². The van der Waals surface area contributed by atoms with Crippen molar-refractivity contribution in [2.24, 2.45) is 0 Å². The molecule has 2 aliphatic rings. The Morgan fingerprint density at radius 1 is 1.12 bits per heavy atom. The van der Waals surface area contributed by atoms with Gasteiger partial charge in [0, 0.05) is 13.0 Å². The number of para-hydroxylation sites is 1. The lowest BCUT2D eigenvalue weighted by Gasteiger charge is -2.34. The third-order valence-electron chi connectivity index (χ3n) is 6.89. The quantitative estimate of drug-likeness (QED) is 0.741. The zero-order valence-electron chi connectivity index (χ0n) is 19.7. The number of ether oxygens (including phenoxy) is 1. The summed E-state index contributed by atoms with van der Waals surface area (Å²) < 4.78 is 35.2. The number of amides is 1. The highest BCUT2D eigenvalue weighted by atomic mass is 32.2. The van der Waals surface area contributed by atoms with Crippen molar-refractivity contribution >= 4 is 21.7 Å². The average molecular weight is 471 g/mol. The van der Waals surface area contributed by atoms with Crippen LogP contribution in [0.1, 0.15) is 52.4 Å². The van der Waals surface area contributed by atoms with E-state index in [0.717, 1.165) is 11.1 Å². The molecule has 7 nitrogen and oxygen atoms in total. The van der Waals surface area contributed by atoms with E-state index in [2.05, 4.69) is 4.72 Å². The molecule has 1 fully saturated rings. The topological polar surface area (TPSA) is 92.8 Å². The van der Waals surface area contributed by atoms with E-state index in [1.165, 1.54) is 0 Å². The first-order valence-corrected chi connectivity index (χ1v) is 12.6. The van der Waals surface area contributed by atoms with Crippen molar-refractivity contribution in [1.29, 1.82) is 0 Å². The zero-order valence-corrected chi connectivity index (χ0v) is 20.5. The average Bonchev–Trinajstić information content (AvgIpc) is 3.14. The van der Waals surface area contributed by atoms with Crippen LogP contribution in [0.25, 0.3) is 0 Å². The summed E-state index contributed by atoms with van der Waals surface area (Å²) in [6, 6.07) is 8.15. The summed E-state index contributed by atoms with van der Waals surface area (Å²) >= 11 is 0. The highest BCUT2D eigenvalue weighted by Gasteiger charge is 2.47. The molecule has 1 spiro atoms. The van der Waals surface area contributed by atoms with Crippen molar-refractivity contribution in [3.05, 3.63) is 58.1 Å². The van der Waals surface area contributed by atoms with E-state index in [-0.39, 0.29) is 29.6 Å². The number of ketones is 1. The number of likely N-dealkylation sites (tertiary alicyclic amines) is 1. The maximum absolute atomic E-state index is 13.2. The van der Waals surface area contributed by atoms with Crippen molar-refractivity contribution in [3.8, 4) is 5.75 Å². The lowest BCUT2D eigenvalue weighted by Crippen LogP contribution is -2.49. The second kappa shape index (κ2) is 8.25. The fourth-order valence-electron chi connectivity index (χ4n) is 4.90. The molecule has 2 unspecified atom stereocenters. The van der Waals surface area contributed by atoms with Crippen LogP contribution in [0.2, 0.25) is 0 Å². The molecule has 0 radical (unpaired) electrons. The zero-order chi connectivity index (χ0) is 24.1. The summed E-state index contributed by atoms with van der Waals surface area (Å²) in [7, 11) is -3.91. The smallest absolute Gasteiger partial charge is 0.241 e. The standard InChI is InChI=1S/C25H30N2O5S/c1-15-12-16(2)18(4)23(17(15)3)33(30,31)26-19(5)24(29)27-11-10-25(14-27)13-21(28)20-8-6-7-9-22(20)32-25/h6-9,12,19,26H,10-11,13-14H2,1-5H3. The molecule has 2 atom stereocenters. The fourth-order valence-corrected chi connectivity index (χ4v) is 6.72. The second-order valence-corrected chi connectivity index (χ2v) is 11.0. The number of Topliss-reactive ketones (excluding diaryl/α,β-unsaturated/α-hetero) is 1. The minimum atomic E-state index is -3.91. The summed E-state index contributed by atoms with van der Waals surface area (Å²) in [6.07, 6.45) is 0.725. The van der Waals surface area contributed by atoms with Gasteiger partial charge in [-0.2, -0.15) is 4.72 Å². The molecule has 0 aliphatic carbocycles. The van der Waals surface area contributed by atoms with Crippen LogP contribution in [0.4, 0.5) is 0 Å². The van der Waals surface area contributed by atoms with Crippen molar-refractivity contribution in [1.82, 2.24) is 9.62 Å². The molecule has 2 heterocycles. The van der Waals surface area contributed by atoms with Crippen molar-refractivity contribution < 1.29 is 22.7 Å². The van der Waals surface area contributed by atoms with Crippen LogP contribution in [0, 0.1) is 27.7 Å². The minimum absolute atomic E-state index is 0.000618. The lowest BCUT2D eigenvalue weighted by molar-refractivity contribution is -0.132. The molecular formula is C25H30N2O5S. The number of rotatable bonds is 4. The van der Waals surface area contributed by atoms with Crippen molar-refractivity contribution in [3.63, 3.8) is 0 Å². The highest BCUT2D eigenvalue weighted by molar-refractivity contribution is 7.89. The van der Waals surface area contributed by atoms with Gasteiger partial charge in [-0.15, -0.1) is 0 Å². The molecular weight excluding hydrogens is 440 g/mol. The summed E-state index contributed by atoms with van der Waals surface area (Å²) in [4.78, 5) is 27.6. The molecule has 0 bridgehead atoms. The second-order valence-electron chi connectivity index (χ2n) is 9.32. The van der Waals surface area contributed by atoms with E-state index in [9.17, 15) is 18.0 Å². The Balaban J connectivity index is 1.51. The monoisotopic (exact) mass is 470 g/mol. The Hall–Kier alpha value is -2.71. The van der Waals surface area contributed by atoms with E-state index >= 15 is 0 Å². The number of hydrogen-bond donors (Lipinski definition) is 1. The predicted octanol–water partition coefficient (Wildman–Crippen LogP) is 3.22. The highest BCUT2D eigenvalue weighted by Crippen LogP contribution is 2.38. The van der Waals surface area contributed by atoms with Gasteiger partial charge < -0.3 is 9.64 Å². The number of benzene rings is 2. The number of nitrogens with zero attached hydrogens (tertiary/aromatic N) is 1. The summed E-state index contributed by atoms with van der Waals surface area (Å²) in [5.74, 6) is 0.211. The molecule has 176 valence electrons. The Bertz CT molecular complexity index is 1230. The van der Waals surface area contributed by atoms with E-state index in [4.69, 9.17) is 4.74 Å². The third kappa shape index (κ3) is 4.17. The predicted molar refractivity (Wildman–Crippen MR) is 125 cm³/mol.